The Hall–Kier alpha value is -1.76. The van der Waals surface area contributed by atoms with Crippen molar-refractivity contribution in [3.8, 4) is 0 Å². The lowest BCUT2D eigenvalue weighted by Crippen LogP contribution is -2.23. The lowest BCUT2D eigenvalue weighted by molar-refractivity contribution is 0.0949. The molecule has 0 saturated carbocycles. The van der Waals surface area contributed by atoms with Crippen LogP contribution in [0, 0.1) is 6.92 Å². The maximum atomic E-state index is 12.2. The van der Waals surface area contributed by atoms with Gasteiger partial charge in [0.2, 0.25) is 0 Å². The first-order chi connectivity index (χ1) is 10.2. The SMILES string of the molecule is CCCn1ncc(C(=O)NCc2cn3c(n2)SCC3)c1C. The van der Waals surface area contributed by atoms with Crippen LogP contribution in [0.3, 0.4) is 0 Å². The number of imidazole rings is 1. The van der Waals surface area contributed by atoms with E-state index in [9.17, 15) is 4.79 Å². The molecule has 3 rings (SSSR count). The van der Waals surface area contributed by atoms with Crippen LogP contribution in [-0.2, 0) is 19.6 Å². The van der Waals surface area contributed by atoms with Gasteiger partial charge in [-0.15, -0.1) is 0 Å². The number of amides is 1. The fourth-order valence-electron chi connectivity index (χ4n) is 2.42. The van der Waals surface area contributed by atoms with Crippen molar-refractivity contribution in [3.05, 3.63) is 29.3 Å². The lowest BCUT2D eigenvalue weighted by Gasteiger charge is -2.04. The number of nitrogens with one attached hydrogen (secondary N) is 1. The van der Waals surface area contributed by atoms with Gasteiger partial charge in [0.1, 0.15) is 0 Å². The Balaban J connectivity index is 1.63. The first kappa shape index (κ1) is 14.2. The maximum absolute atomic E-state index is 12.2. The molecule has 7 heteroatoms. The number of hydrogen-bond acceptors (Lipinski definition) is 4. The van der Waals surface area contributed by atoms with Gasteiger partial charge < -0.3 is 9.88 Å². The monoisotopic (exact) mass is 305 g/mol. The van der Waals surface area contributed by atoms with E-state index >= 15 is 0 Å². The average molecular weight is 305 g/mol. The molecule has 0 unspecified atom stereocenters. The van der Waals surface area contributed by atoms with Crippen LogP contribution in [0.4, 0.5) is 0 Å². The molecule has 0 bridgehead atoms. The van der Waals surface area contributed by atoms with Gasteiger partial charge in [-0.1, -0.05) is 18.7 Å². The van der Waals surface area contributed by atoms with E-state index in [0.29, 0.717) is 12.1 Å². The summed E-state index contributed by atoms with van der Waals surface area (Å²) < 4.78 is 4.01. The number of nitrogens with zero attached hydrogens (tertiary/aromatic N) is 4. The zero-order valence-corrected chi connectivity index (χ0v) is 13.1. The molecule has 0 saturated heterocycles. The minimum atomic E-state index is -0.0873. The molecule has 112 valence electrons. The molecule has 0 atom stereocenters. The molecule has 1 aliphatic rings. The Morgan fingerprint density at radius 1 is 1.52 bits per heavy atom. The lowest BCUT2D eigenvalue weighted by atomic mass is 10.2. The molecule has 21 heavy (non-hydrogen) atoms. The Labute approximate surface area is 127 Å². The summed E-state index contributed by atoms with van der Waals surface area (Å²) in [6.45, 7) is 6.32. The first-order valence-corrected chi connectivity index (χ1v) is 8.17. The molecule has 0 radical (unpaired) electrons. The Bertz CT molecular complexity index is 639. The summed E-state index contributed by atoms with van der Waals surface area (Å²) in [6.07, 6.45) is 4.66. The van der Waals surface area contributed by atoms with Crippen LogP contribution in [0.15, 0.2) is 17.6 Å². The van der Waals surface area contributed by atoms with E-state index in [4.69, 9.17) is 0 Å². The quantitative estimate of drug-likeness (QED) is 0.915. The second kappa shape index (κ2) is 5.93. The van der Waals surface area contributed by atoms with Crippen molar-refractivity contribution in [3.63, 3.8) is 0 Å². The van der Waals surface area contributed by atoms with Crippen molar-refractivity contribution < 1.29 is 4.79 Å². The zero-order valence-electron chi connectivity index (χ0n) is 12.3. The zero-order chi connectivity index (χ0) is 14.8. The second-order valence-electron chi connectivity index (χ2n) is 5.11. The van der Waals surface area contributed by atoms with Gasteiger partial charge in [0.05, 0.1) is 24.0 Å². The van der Waals surface area contributed by atoms with Crippen LogP contribution in [0.2, 0.25) is 0 Å². The van der Waals surface area contributed by atoms with Crippen molar-refractivity contribution in [2.45, 2.75) is 45.1 Å². The summed E-state index contributed by atoms with van der Waals surface area (Å²) in [5.74, 6) is 1.00. The van der Waals surface area contributed by atoms with Gasteiger partial charge in [-0.2, -0.15) is 5.10 Å². The molecular formula is C14H19N5OS. The van der Waals surface area contributed by atoms with Crippen LogP contribution in [0.1, 0.15) is 35.1 Å². The summed E-state index contributed by atoms with van der Waals surface area (Å²) in [5, 5.41) is 8.23. The molecule has 1 aliphatic heterocycles. The van der Waals surface area contributed by atoms with E-state index in [0.717, 1.165) is 41.8 Å². The predicted molar refractivity (Wildman–Crippen MR) is 81.4 cm³/mol. The van der Waals surface area contributed by atoms with Crippen molar-refractivity contribution in [1.29, 1.82) is 0 Å². The molecule has 3 heterocycles. The van der Waals surface area contributed by atoms with Crippen LogP contribution >= 0.6 is 11.8 Å². The number of carbonyl (C=O) groups excluding carboxylic acids is 1. The van der Waals surface area contributed by atoms with Gasteiger partial charge in [0, 0.05) is 30.7 Å². The maximum Gasteiger partial charge on any atom is 0.255 e. The average Bonchev–Trinajstić information content (AvgIpc) is 3.12. The summed E-state index contributed by atoms with van der Waals surface area (Å²) in [4.78, 5) is 16.7. The molecule has 1 N–H and O–H groups in total. The van der Waals surface area contributed by atoms with Crippen molar-refractivity contribution in [2.75, 3.05) is 5.75 Å². The van der Waals surface area contributed by atoms with Gasteiger partial charge in [0.25, 0.3) is 5.91 Å². The molecule has 6 nitrogen and oxygen atoms in total. The molecule has 0 fully saturated rings. The topological polar surface area (TPSA) is 64.7 Å². The van der Waals surface area contributed by atoms with Gasteiger partial charge in [-0.25, -0.2) is 4.98 Å². The van der Waals surface area contributed by atoms with Crippen molar-refractivity contribution in [1.82, 2.24) is 24.6 Å². The third-order valence-corrected chi connectivity index (χ3v) is 4.54. The summed E-state index contributed by atoms with van der Waals surface area (Å²) in [6, 6.07) is 0. The highest BCUT2D eigenvalue weighted by atomic mass is 32.2. The summed E-state index contributed by atoms with van der Waals surface area (Å²) >= 11 is 1.76. The number of rotatable bonds is 5. The molecule has 0 spiro atoms. The Morgan fingerprint density at radius 2 is 2.38 bits per heavy atom. The highest BCUT2D eigenvalue weighted by Gasteiger charge is 2.16. The third kappa shape index (κ3) is 2.83. The standard InChI is InChI=1S/C14H19N5OS/c1-3-4-19-10(2)12(8-16-19)13(20)15-7-11-9-18-5-6-21-14(18)17-11/h8-9H,3-7H2,1-2H3,(H,15,20). The van der Waals surface area contributed by atoms with Crippen molar-refractivity contribution >= 4 is 17.7 Å². The summed E-state index contributed by atoms with van der Waals surface area (Å²) in [5.41, 5.74) is 2.46. The highest BCUT2D eigenvalue weighted by Crippen LogP contribution is 2.24. The summed E-state index contributed by atoms with van der Waals surface area (Å²) in [7, 11) is 0. The van der Waals surface area contributed by atoms with E-state index in [1.807, 2.05) is 17.8 Å². The van der Waals surface area contributed by atoms with Crippen LogP contribution in [0.25, 0.3) is 0 Å². The third-order valence-electron chi connectivity index (χ3n) is 3.57. The van der Waals surface area contributed by atoms with Gasteiger partial charge in [0.15, 0.2) is 5.16 Å². The first-order valence-electron chi connectivity index (χ1n) is 7.18. The Morgan fingerprint density at radius 3 is 3.14 bits per heavy atom. The number of fused-ring (bicyclic) bond motifs is 1. The van der Waals surface area contributed by atoms with E-state index in [1.54, 1.807) is 18.0 Å². The molecule has 0 aliphatic carbocycles. The fourth-order valence-corrected chi connectivity index (χ4v) is 3.38. The van der Waals surface area contributed by atoms with Crippen molar-refractivity contribution in [2.24, 2.45) is 0 Å². The second-order valence-corrected chi connectivity index (χ2v) is 6.17. The predicted octanol–water partition coefficient (Wildman–Crippen LogP) is 1.83. The largest absolute Gasteiger partial charge is 0.346 e. The smallest absolute Gasteiger partial charge is 0.255 e. The molecule has 0 aromatic carbocycles. The Kier molecular flexibility index (Phi) is 4.01. The molecule has 1 amide bonds. The molecule has 2 aromatic heterocycles. The van der Waals surface area contributed by atoms with E-state index in [1.165, 1.54) is 0 Å². The van der Waals surface area contributed by atoms with E-state index < -0.39 is 0 Å². The van der Waals surface area contributed by atoms with Crippen LogP contribution in [0.5, 0.6) is 0 Å². The van der Waals surface area contributed by atoms with E-state index in [-0.39, 0.29) is 5.91 Å². The normalized spacial score (nSPS) is 13.4. The fraction of sp³-hybridized carbons (Fsp3) is 0.500. The molecular weight excluding hydrogens is 286 g/mol. The number of thioether (sulfide) groups is 1. The minimum Gasteiger partial charge on any atom is -0.346 e. The number of hydrogen-bond donors (Lipinski definition) is 1. The number of carbonyl (C=O) groups is 1. The van der Waals surface area contributed by atoms with Crippen LogP contribution in [-0.4, -0.2) is 31.0 Å². The van der Waals surface area contributed by atoms with Gasteiger partial charge >= 0.3 is 0 Å². The van der Waals surface area contributed by atoms with Crippen LogP contribution < -0.4 is 5.32 Å². The number of aromatic nitrogens is 4. The van der Waals surface area contributed by atoms with Gasteiger partial charge in [-0.05, 0) is 13.3 Å². The van der Waals surface area contributed by atoms with E-state index in [2.05, 4.69) is 26.9 Å². The minimum absolute atomic E-state index is 0.0873. The molecule has 2 aromatic rings. The highest BCUT2D eigenvalue weighted by molar-refractivity contribution is 7.99. The number of aryl methyl sites for hydroxylation is 2. The van der Waals surface area contributed by atoms with Gasteiger partial charge in [-0.3, -0.25) is 9.48 Å².